The van der Waals surface area contributed by atoms with Gasteiger partial charge in [-0.05, 0) is 6.07 Å². The van der Waals surface area contributed by atoms with E-state index in [2.05, 4.69) is 15.2 Å². The summed E-state index contributed by atoms with van der Waals surface area (Å²) in [4.78, 5) is 4.00. The van der Waals surface area contributed by atoms with Crippen LogP contribution in [0.5, 0.6) is 11.5 Å². The van der Waals surface area contributed by atoms with Crippen LogP contribution in [0.2, 0.25) is 0 Å². The molecule has 2 N–H and O–H groups in total. The second-order valence-corrected chi connectivity index (χ2v) is 4.12. The van der Waals surface area contributed by atoms with Gasteiger partial charge in [0.05, 0.1) is 20.4 Å². The van der Waals surface area contributed by atoms with E-state index < -0.39 is 0 Å². The van der Waals surface area contributed by atoms with Gasteiger partial charge in [-0.2, -0.15) is 0 Å². The number of nitrogens with zero attached hydrogens (tertiary/aromatic N) is 4. The number of hydrogen-bond donors (Lipinski definition) is 1. The molecule has 3 rings (SSSR count). The zero-order valence-electron chi connectivity index (χ0n) is 11.1. The van der Waals surface area contributed by atoms with Crippen molar-refractivity contribution >= 4 is 11.3 Å². The van der Waals surface area contributed by atoms with E-state index in [4.69, 9.17) is 15.2 Å². The molecule has 0 saturated carbocycles. The van der Waals surface area contributed by atoms with Crippen molar-refractivity contribution in [1.29, 1.82) is 0 Å². The van der Waals surface area contributed by atoms with Crippen LogP contribution in [0.1, 0.15) is 0 Å². The van der Waals surface area contributed by atoms with Gasteiger partial charge in [-0.15, -0.1) is 10.2 Å². The molecule has 0 amide bonds. The quantitative estimate of drug-likeness (QED) is 0.724. The van der Waals surface area contributed by atoms with Crippen LogP contribution in [0.4, 0.5) is 5.69 Å². The monoisotopic (exact) mass is 271 g/mol. The lowest BCUT2D eigenvalue weighted by Gasteiger charge is -2.11. The SMILES string of the molecule is COc1cc(N)c(-c2nnc3cnccn23)cc1OC. The second-order valence-electron chi connectivity index (χ2n) is 4.12. The fourth-order valence-electron chi connectivity index (χ4n) is 2.03. The predicted molar refractivity (Wildman–Crippen MR) is 73.7 cm³/mol. The molecule has 3 aromatic rings. The number of fused-ring (bicyclic) bond motifs is 1. The molecule has 0 aliphatic carbocycles. The molecule has 20 heavy (non-hydrogen) atoms. The van der Waals surface area contributed by atoms with Crippen molar-refractivity contribution in [2.45, 2.75) is 0 Å². The topological polar surface area (TPSA) is 87.6 Å². The highest BCUT2D eigenvalue weighted by molar-refractivity contribution is 5.77. The highest BCUT2D eigenvalue weighted by Crippen LogP contribution is 2.36. The van der Waals surface area contributed by atoms with Crippen molar-refractivity contribution < 1.29 is 9.47 Å². The molecule has 0 fully saturated rings. The van der Waals surface area contributed by atoms with Gasteiger partial charge < -0.3 is 15.2 Å². The van der Waals surface area contributed by atoms with E-state index in [1.54, 1.807) is 44.9 Å². The minimum Gasteiger partial charge on any atom is -0.493 e. The zero-order valence-corrected chi connectivity index (χ0v) is 11.1. The third-order valence-corrected chi connectivity index (χ3v) is 3.01. The lowest BCUT2D eigenvalue weighted by molar-refractivity contribution is 0.355. The van der Waals surface area contributed by atoms with E-state index in [0.717, 1.165) is 5.56 Å². The first-order valence-corrected chi connectivity index (χ1v) is 5.91. The average Bonchev–Trinajstić information content (AvgIpc) is 2.90. The molecule has 0 aliphatic rings. The first kappa shape index (κ1) is 12.2. The first-order chi connectivity index (χ1) is 9.74. The van der Waals surface area contributed by atoms with Crippen LogP contribution in [0.3, 0.4) is 0 Å². The Hall–Kier alpha value is -2.83. The van der Waals surface area contributed by atoms with Gasteiger partial charge in [-0.1, -0.05) is 0 Å². The van der Waals surface area contributed by atoms with Crippen LogP contribution >= 0.6 is 0 Å². The second kappa shape index (κ2) is 4.69. The van der Waals surface area contributed by atoms with E-state index in [1.807, 2.05) is 4.40 Å². The predicted octanol–water partition coefficient (Wildman–Crippen LogP) is 1.39. The number of nitrogens with two attached hydrogens (primary N) is 1. The van der Waals surface area contributed by atoms with E-state index in [1.165, 1.54) is 0 Å². The maximum atomic E-state index is 6.07. The first-order valence-electron chi connectivity index (χ1n) is 5.91. The Balaban J connectivity index is 2.24. The number of nitrogen functional groups attached to an aromatic ring is 1. The van der Waals surface area contributed by atoms with Crippen LogP contribution < -0.4 is 15.2 Å². The van der Waals surface area contributed by atoms with Crippen LogP contribution in [0, 0.1) is 0 Å². The van der Waals surface area contributed by atoms with Gasteiger partial charge >= 0.3 is 0 Å². The molecule has 102 valence electrons. The van der Waals surface area contributed by atoms with Crippen molar-refractivity contribution in [1.82, 2.24) is 19.6 Å². The Morgan fingerprint density at radius 1 is 1.10 bits per heavy atom. The van der Waals surface area contributed by atoms with Gasteiger partial charge in [0.25, 0.3) is 0 Å². The molecule has 0 aliphatic heterocycles. The fraction of sp³-hybridized carbons (Fsp3) is 0.154. The van der Waals surface area contributed by atoms with Crippen molar-refractivity contribution in [3.05, 3.63) is 30.7 Å². The van der Waals surface area contributed by atoms with Crippen molar-refractivity contribution in [3.8, 4) is 22.9 Å². The normalized spacial score (nSPS) is 10.7. The number of anilines is 1. The number of benzene rings is 1. The van der Waals surface area contributed by atoms with Crippen LogP contribution in [0.15, 0.2) is 30.7 Å². The summed E-state index contributed by atoms with van der Waals surface area (Å²) in [5.74, 6) is 1.78. The Morgan fingerprint density at radius 3 is 2.60 bits per heavy atom. The summed E-state index contributed by atoms with van der Waals surface area (Å²) in [5.41, 5.74) is 7.98. The van der Waals surface area contributed by atoms with Crippen molar-refractivity contribution in [2.24, 2.45) is 0 Å². The maximum absolute atomic E-state index is 6.07. The Morgan fingerprint density at radius 2 is 1.85 bits per heavy atom. The Kier molecular flexibility index (Phi) is 2.86. The highest BCUT2D eigenvalue weighted by atomic mass is 16.5. The maximum Gasteiger partial charge on any atom is 0.179 e. The molecule has 0 spiro atoms. The number of hydrogen-bond acceptors (Lipinski definition) is 6. The lowest BCUT2D eigenvalue weighted by atomic mass is 10.1. The van der Waals surface area contributed by atoms with Crippen LogP contribution in [0.25, 0.3) is 17.0 Å². The Bertz CT molecular complexity index is 769. The van der Waals surface area contributed by atoms with E-state index >= 15 is 0 Å². The molecule has 0 bridgehead atoms. The third-order valence-electron chi connectivity index (χ3n) is 3.01. The molecule has 7 nitrogen and oxygen atoms in total. The highest BCUT2D eigenvalue weighted by Gasteiger charge is 2.15. The average molecular weight is 271 g/mol. The summed E-state index contributed by atoms with van der Waals surface area (Å²) in [6.45, 7) is 0. The van der Waals surface area contributed by atoms with E-state index in [0.29, 0.717) is 28.7 Å². The van der Waals surface area contributed by atoms with Crippen molar-refractivity contribution in [2.75, 3.05) is 20.0 Å². The summed E-state index contributed by atoms with van der Waals surface area (Å²) in [6, 6.07) is 3.49. The van der Waals surface area contributed by atoms with Crippen molar-refractivity contribution in [3.63, 3.8) is 0 Å². The Labute approximate surface area is 115 Å². The van der Waals surface area contributed by atoms with Crippen LogP contribution in [-0.4, -0.2) is 33.8 Å². The van der Waals surface area contributed by atoms with Gasteiger partial charge in [0, 0.05) is 29.7 Å². The summed E-state index contributed by atoms with van der Waals surface area (Å²) in [7, 11) is 3.14. The number of methoxy groups -OCH3 is 2. The summed E-state index contributed by atoms with van der Waals surface area (Å²) in [6.07, 6.45) is 5.07. The van der Waals surface area contributed by atoms with Gasteiger partial charge in [-0.3, -0.25) is 9.38 Å². The van der Waals surface area contributed by atoms with Gasteiger partial charge in [0.2, 0.25) is 0 Å². The molecular formula is C13H13N5O2. The van der Waals surface area contributed by atoms with Gasteiger partial charge in [-0.25, -0.2) is 0 Å². The molecule has 7 heteroatoms. The largest absolute Gasteiger partial charge is 0.493 e. The molecule has 2 aromatic heterocycles. The molecule has 2 heterocycles. The van der Waals surface area contributed by atoms with Gasteiger partial charge in [0.15, 0.2) is 23.0 Å². The lowest BCUT2D eigenvalue weighted by Crippen LogP contribution is -1.98. The molecule has 0 saturated heterocycles. The molecule has 0 radical (unpaired) electrons. The standard InChI is InChI=1S/C13H13N5O2/c1-19-10-5-8(9(14)6-11(10)20-2)13-17-16-12-7-15-3-4-18(12)13/h3-7H,14H2,1-2H3. The molecule has 0 atom stereocenters. The molecule has 1 aromatic carbocycles. The minimum atomic E-state index is 0.536. The number of aromatic nitrogens is 4. The third kappa shape index (κ3) is 1.80. The molecule has 0 unspecified atom stereocenters. The number of ether oxygens (including phenoxy) is 2. The minimum absolute atomic E-state index is 0.536. The summed E-state index contributed by atoms with van der Waals surface area (Å²) in [5, 5.41) is 8.21. The summed E-state index contributed by atoms with van der Waals surface area (Å²) < 4.78 is 12.3. The summed E-state index contributed by atoms with van der Waals surface area (Å²) >= 11 is 0. The zero-order chi connectivity index (χ0) is 14.1. The van der Waals surface area contributed by atoms with Gasteiger partial charge in [0.1, 0.15) is 0 Å². The molecular weight excluding hydrogens is 258 g/mol. The van der Waals surface area contributed by atoms with Crippen LogP contribution in [-0.2, 0) is 0 Å². The van der Waals surface area contributed by atoms with E-state index in [-0.39, 0.29) is 0 Å². The van der Waals surface area contributed by atoms with E-state index in [9.17, 15) is 0 Å². The smallest absolute Gasteiger partial charge is 0.179 e. The fourth-order valence-corrected chi connectivity index (χ4v) is 2.03. The number of rotatable bonds is 3.